The van der Waals surface area contributed by atoms with Crippen molar-refractivity contribution in [1.29, 1.82) is 0 Å². The van der Waals surface area contributed by atoms with E-state index in [2.05, 4.69) is 27.7 Å². The first-order valence-electron chi connectivity index (χ1n) is 21.4. The fraction of sp³-hybridized carbons (Fsp3) is 1.00. The molecule has 0 aromatic carbocycles. The Morgan fingerprint density at radius 2 is 0.341 bits per heavy atom. The van der Waals surface area contributed by atoms with E-state index in [4.69, 9.17) is 0 Å². The van der Waals surface area contributed by atoms with Crippen molar-refractivity contribution in [1.82, 2.24) is 0 Å². The molecule has 0 unspecified atom stereocenters. The summed E-state index contributed by atoms with van der Waals surface area (Å²) < 4.78 is 0. The van der Waals surface area contributed by atoms with Crippen LogP contribution in [0.5, 0.6) is 0 Å². The van der Waals surface area contributed by atoms with Crippen molar-refractivity contribution >= 4 is 0 Å². The number of hydrogen-bond acceptors (Lipinski definition) is 0. The minimum atomic E-state index is 1.37. The van der Waals surface area contributed by atoms with Gasteiger partial charge in [0.25, 0.3) is 0 Å². The minimum Gasteiger partial charge on any atom is -0.330 e. The maximum Gasteiger partial charge on any atom is 0.127 e. The number of hydrogen-bond donors (Lipinski definition) is 2. The molecule has 0 amide bonds. The molecule has 0 saturated heterocycles. The zero-order chi connectivity index (χ0) is 32.0. The molecule has 44 heavy (non-hydrogen) atoms. The largest absolute Gasteiger partial charge is 0.330 e. The molecule has 0 spiro atoms. The van der Waals surface area contributed by atoms with E-state index in [1.165, 1.54) is 245 Å². The van der Waals surface area contributed by atoms with Crippen molar-refractivity contribution in [3.63, 3.8) is 0 Å². The summed E-state index contributed by atoms with van der Waals surface area (Å²) in [5.74, 6) is 0. The lowest BCUT2D eigenvalue weighted by Crippen LogP contribution is -3.20. The molecular weight excluding hydrogens is 532 g/mol. The Kier molecular flexibility index (Phi) is 39.0. The molecule has 0 fully saturated rings. The SMILES string of the molecule is CCCCCCCCCC[NH+](CCCCCCCCCC)CC[NH+](CCCCCCCCCC)CCCCCCCCCC. The molecule has 266 valence electrons. The molecule has 0 radical (unpaired) electrons. The summed E-state index contributed by atoms with van der Waals surface area (Å²) in [5.41, 5.74) is 0. The molecule has 0 heterocycles. The van der Waals surface area contributed by atoms with Gasteiger partial charge in [-0.2, -0.15) is 0 Å². The van der Waals surface area contributed by atoms with Gasteiger partial charge in [0.15, 0.2) is 0 Å². The van der Waals surface area contributed by atoms with Gasteiger partial charge in [-0.05, 0) is 51.4 Å². The third kappa shape index (κ3) is 34.8. The molecule has 0 aliphatic carbocycles. The molecule has 0 aromatic rings. The Morgan fingerprint density at radius 1 is 0.182 bits per heavy atom. The Balaban J connectivity index is 4.61. The standard InChI is InChI=1S/C42H88N2/c1-5-9-13-17-21-25-29-33-37-43(38-34-30-26-22-18-14-10-6-2)41-42-44(39-35-31-27-23-19-15-11-7-3)40-36-32-28-24-20-16-12-8-4/h5-42H2,1-4H3/p+2. The molecule has 0 bridgehead atoms. The highest BCUT2D eigenvalue weighted by Crippen LogP contribution is 2.10. The lowest BCUT2D eigenvalue weighted by molar-refractivity contribution is -0.958. The smallest absolute Gasteiger partial charge is 0.127 e. The molecule has 0 saturated carbocycles. The summed E-state index contributed by atoms with van der Waals surface area (Å²) in [6.45, 7) is 17.9. The second-order valence-electron chi connectivity index (χ2n) is 14.9. The van der Waals surface area contributed by atoms with Gasteiger partial charge in [-0.3, -0.25) is 0 Å². The second kappa shape index (κ2) is 39.1. The van der Waals surface area contributed by atoms with Gasteiger partial charge in [0.2, 0.25) is 0 Å². The van der Waals surface area contributed by atoms with Crippen LogP contribution < -0.4 is 9.80 Å². The lowest BCUT2D eigenvalue weighted by atomic mass is 10.1. The summed E-state index contributed by atoms with van der Waals surface area (Å²) in [5, 5.41) is 0. The Morgan fingerprint density at radius 3 is 0.523 bits per heavy atom. The zero-order valence-electron chi connectivity index (χ0n) is 31.9. The van der Waals surface area contributed by atoms with Crippen LogP contribution in [0.2, 0.25) is 0 Å². The summed E-state index contributed by atoms with van der Waals surface area (Å²) in [6.07, 6.45) is 46.5. The summed E-state index contributed by atoms with van der Waals surface area (Å²) in [4.78, 5) is 3.90. The van der Waals surface area contributed by atoms with E-state index in [1.807, 2.05) is 9.80 Å². The second-order valence-corrected chi connectivity index (χ2v) is 14.9. The summed E-state index contributed by atoms with van der Waals surface area (Å²) in [7, 11) is 0. The monoisotopic (exact) mass is 623 g/mol. The molecule has 0 rings (SSSR count). The molecule has 0 aliphatic heterocycles. The third-order valence-corrected chi connectivity index (χ3v) is 10.4. The average Bonchev–Trinajstić information content (AvgIpc) is 3.03. The first-order valence-corrected chi connectivity index (χ1v) is 21.4. The highest BCUT2D eigenvalue weighted by atomic mass is 15.2. The maximum absolute atomic E-state index is 2.33. The summed E-state index contributed by atoms with van der Waals surface area (Å²) >= 11 is 0. The number of nitrogens with one attached hydrogen (secondary N) is 2. The van der Waals surface area contributed by atoms with Crippen LogP contribution in [0.4, 0.5) is 0 Å². The molecule has 2 nitrogen and oxygen atoms in total. The predicted octanol–water partition coefficient (Wildman–Crippen LogP) is 11.3. The number of unbranched alkanes of at least 4 members (excludes halogenated alkanes) is 28. The van der Waals surface area contributed by atoms with E-state index in [0.29, 0.717) is 0 Å². The van der Waals surface area contributed by atoms with Crippen LogP contribution in [0.25, 0.3) is 0 Å². The van der Waals surface area contributed by atoms with Crippen molar-refractivity contribution in [2.45, 2.75) is 233 Å². The first-order chi connectivity index (χ1) is 21.8. The van der Waals surface area contributed by atoms with Crippen LogP contribution in [-0.4, -0.2) is 39.3 Å². The van der Waals surface area contributed by atoms with E-state index < -0.39 is 0 Å². The van der Waals surface area contributed by atoms with Gasteiger partial charge in [0, 0.05) is 0 Å². The quantitative estimate of drug-likeness (QED) is 0.0631. The fourth-order valence-corrected chi connectivity index (χ4v) is 7.14. The van der Waals surface area contributed by atoms with Gasteiger partial charge in [0.05, 0.1) is 26.2 Å². The van der Waals surface area contributed by atoms with Crippen LogP contribution in [-0.2, 0) is 0 Å². The van der Waals surface area contributed by atoms with E-state index in [0.717, 1.165) is 0 Å². The van der Waals surface area contributed by atoms with Crippen LogP contribution in [0.15, 0.2) is 0 Å². The van der Waals surface area contributed by atoms with Crippen molar-refractivity contribution in [2.75, 3.05) is 39.3 Å². The lowest BCUT2D eigenvalue weighted by Gasteiger charge is -2.24. The van der Waals surface area contributed by atoms with E-state index in [-0.39, 0.29) is 0 Å². The van der Waals surface area contributed by atoms with Gasteiger partial charge >= 0.3 is 0 Å². The fourth-order valence-electron chi connectivity index (χ4n) is 7.14. The van der Waals surface area contributed by atoms with Crippen molar-refractivity contribution < 1.29 is 9.80 Å². The molecule has 0 aliphatic rings. The molecule has 0 atom stereocenters. The highest BCUT2D eigenvalue weighted by molar-refractivity contribution is 4.50. The molecular formula is C42H90N2+2. The van der Waals surface area contributed by atoms with Gasteiger partial charge in [-0.1, -0.05) is 182 Å². The van der Waals surface area contributed by atoms with Crippen LogP contribution >= 0.6 is 0 Å². The highest BCUT2D eigenvalue weighted by Gasteiger charge is 2.15. The van der Waals surface area contributed by atoms with E-state index in [9.17, 15) is 0 Å². The van der Waals surface area contributed by atoms with Crippen LogP contribution in [0.3, 0.4) is 0 Å². The van der Waals surface area contributed by atoms with E-state index >= 15 is 0 Å². The molecule has 2 N–H and O–H groups in total. The maximum atomic E-state index is 2.33. The van der Waals surface area contributed by atoms with Gasteiger partial charge in [-0.25, -0.2) is 0 Å². The van der Waals surface area contributed by atoms with Crippen molar-refractivity contribution in [3.05, 3.63) is 0 Å². The molecule has 0 aromatic heterocycles. The Bertz CT molecular complexity index is 408. The predicted molar refractivity (Wildman–Crippen MR) is 202 cm³/mol. The van der Waals surface area contributed by atoms with E-state index in [1.54, 1.807) is 0 Å². The Hall–Kier alpha value is -0.0800. The molecule has 2 heteroatoms. The third-order valence-electron chi connectivity index (χ3n) is 10.4. The van der Waals surface area contributed by atoms with Gasteiger partial charge < -0.3 is 9.80 Å². The topological polar surface area (TPSA) is 8.88 Å². The Labute approximate surface area is 281 Å². The zero-order valence-corrected chi connectivity index (χ0v) is 31.9. The van der Waals surface area contributed by atoms with Crippen molar-refractivity contribution in [2.24, 2.45) is 0 Å². The minimum absolute atomic E-state index is 1.37. The van der Waals surface area contributed by atoms with Crippen molar-refractivity contribution in [3.8, 4) is 0 Å². The van der Waals surface area contributed by atoms with Crippen LogP contribution in [0, 0.1) is 0 Å². The number of quaternary nitrogens is 2. The van der Waals surface area contributed by atoms with Crippen LogP contribution in [0.1, 0.15) is 233 Å². The number of rotatable bonds is 39. The summed E-state index contributed by atoms with van der Waals surface area (Å²) in [6, 6.07) is 0. The normalized spacial score (nSPS) is 11.9. The van der Waals surface area contributed by atoms with Gasteiger partial charge in [0.1, 0.15) is 13.1 Å². The first kappa shape index (κ1) is 43.9. The average molecular weight is 623 g/mol. The van der Waals surface area contributed by atoms with Gasteiger partial charge in [-0.15, -0.1) is 0 Å².